The van der Waals surface area contributed by atoms with Gasteiger partial charge in [0.2, 0.25) is 5.78 Å². The van der Waals surface area contributed by atoms with E-state index in [1.54, 1.807) is 12.1 Å². The fourth-order valence-electron chi connectivity index (χ4n) is 3.65. The Morgan fingerprint density at radius 1 is 1.13 bits per heavy atom. The fraction of sp³-hybridized carbons (Fsp3) is 0.360. The zero-order valence-corrected chi connectivity index (χ0v) is 18.6. The minimum absolute atomic E-state index is 0.00949. The normalized spacial score (nSPS) is 18.1. The van der Waals surface area contributed by atoms with Crippen molar-refractivity contribution < 1.29 is 24.3 Å². The smallest absolute Gasteiger partial charge is 0.295 e. The molecule has 31 heavy (non-hydrogen) atoms. The molecule has 1 amide bonds. The van der Waals surface area contributed by atoms with Gasteiger partial charge in [0.15, 0.2) is 0 Å². The van der Waals surface area contributed by atoms with Gasteiger partial charge in [-0.3, -0.25) is 9.59 Å². The maximum absolute atomic E-state index is 13.4. The van der Waals surface area contributed by atoms with Crippen molar-refractivity contribution in [3.63, 3.8) is 0 Å². The van der Waals surface area contributed by atoms with Crippen LogP contribution in [0.15, 0.2) is 54.1 Å². The van der Waals surface area contributed by atoms with Crippen LogP contribution in [-0.4, -0.2) is 50.4 Å². The largest absolute Gasteiger partial charge is 0.872 e. The summed E-state index contributed by atoms with van der Waals surface area (Å²) in [5, 5.41) is 13.4. The Hall–Kier alpha value is -3.12. The molecule has 0 aliphatic carbocycles. The van der Waals surface area contributed by atoms with Gasteiger partial charge in [-0.15, -0.1) is 0 Å². The molecule has 1 heterocycles. The van der Waals surface area contributed by atoms with E-state index in [0.717, 1.165) is 16.9 Å². The molecular formula is C25H30N2O4. The third kappa shape index (κ3) is 4.97. The van der Waals surface area contributed by atoms with Gasteiger partial charge in [0.25, 0.3) is 5.91 Å². The van der Waals surface area contributed by atoms with E-state index in [-0.39, 0.29) is 5.57 Å². The Bertz CT molecular complexity index is 979. The molecule has 0 spiro atoms. The van der Waals surface area contributed by atoms with Crippen LogP contribution in [0.3, 0.4) is 0 Å². The Kier molecular flexibility index (Phi) is 7.13. The monoisotopic (exact) mass is 422 g/mol. The highest BCUT2D eigenvalue weighted by Gasteiger charge is 2.44. The highest BCUT2D eigenvalue weighted by atomic mass is 16.5. The number of benzene rings is 2. The van der Waals surface area contributed by atoms with Crippen LogP contribution in [0.2, 0.25) is 0 Å². The standard InChI is InChI=1S/C25H30N2O4/c1-5-15-31-20-8-6-7-19(16-20)22-21(23(28)18-11-9-17(2)10-12-18)24(29)25(30)27(22)14-13-26(3)4/h6-12,16,22,28H,5,13-15H2,1-4H3. The molecule has 1 atom stereocenters. The molecule has 1 aliphatic heterocycles. The highest BCUT2D eigenvalue weighted by molar-refractivity contribution is 6.46. The Morgan fingerprint density at radius 2 is 1.84 bits per heavy atom. The lowest BCUT2D eigenvalue weighted by molar-refractivity contribution is -0.857. The Balaban J connectivity index is 2.11. The number of hydrogen-bond donors (Lipinski definition) is 1. The number of amides is 1. The van der Waals surface area contributed by atoms with Crippen LogP contribution in [0.25, 0.3) is 5.76 Å². The first-order valence-corrected chi connectivity index (χ1v) is 10.7. The molecular weight excluding hydrogens is 392 g/mol. The van der Waals surface area contributed by atoms with Crippen molar-refractivity contribution >= 4 is 17.4 Å². The van der Waals surface area contributed by atoms with Gasteiger partial charge in [0.1, 0.15) is 5.75 Å². The first-order valence-electron chi connectivity index (χ1n) is 10.7. The second-order valence-corrected chi connectivity index (χ2v) is 8.22. The summed E-state index contributed by atoms with van der Waals surface area (Å²) < 4.78 is 5.75. The minimum Gasteiger partial charge on any atom is -0.872 e. The van der Waals surface area contributed by atoms with Crippen molar-refractivity contribution in [2.24, 2.45) is 0 Å². The van der Waals surface area contributed by atoms with Crippen molar-refractivity contribution in [2.75, 3.05) is 33.8 Å². The molecule has 1 fully saturated rings. The molecule has 164 valence electrons. The number of carbonyl (C=O) groups is 2. The first-order chi connectivity index (χ1) is 14.8. The van der Waals surface area contributed by atoms with E-state index in [9.17, 15) is 14.7 Å². The molecule has 1 aliphatic rings. The zero-order valence-electron chi connectivity index (χ0n) is 18.6. The summed E-state index contributed by atoms with van der Waals surface area (Å²) in [6, 6.07) is 13.7. The molecule has 0 saturated carbocycles. The van der Waals surface area contributed by atoms with Gasteiger partial charge in [-0.1, -0.05) is 54.6 Å². The number of hydrogen-bond acceptors (Lipinski definition) is 4. The van der Waals surface area contributed by atoms with Crippen LogP contribution in [0, 0.1) is 6.92 Å². The molecule has 6 nitrogen and oxygen atoms in total. The van der Waals surface area contributed by atoms with Crippen LogP contribution < -0.4 is 14.7 Å². The van der Waals surface area contributed by atoms with Gasteiger partial charge >= 0.3 is 0 Å². The minimum atomic E-state index is -0.724. The van der Waals surface area contributed by atoms with Gasteiger partial charge in [-0.05, 0) is 36.6 Å². The topological polar surface area (TPSA) is 74.1 Å². The number of ketones is 1. The van der Waals surface area contributed by atoms with E-state index in [1.165, 1.54) is 4.90 Å². The number of aryl methyl sites for hydroxylation is 1. The number of likely N-dealkylation sites (N-methyl/N-ethyl adjacent to an activating group) is 1. The number of quaternary nitrogens is 1. The molecule has 2 aromatic rings. The summed E-state index contributed by atoms with van der Waals surface area (Å²) >= 11 is 0. The zero-order chi connectivity index (χ0) is 22.5. The van der Waals surface area contributed by atoms with Crippen LogP contribution in [0.4, 0.5) is 0 Å². The second kappa shape index (κ2) is 9.79. The summed E-state index contributed by atoms with van der Waals surface area (Å²) in [5.74, 6) is -1.08. The summed E-state index contributed by atoms with van der Waals surface area (Å²) in [6.45, 7) is 5.56. The quantitative estimate of drug-likeness (QED) is 0.394. The molecule has 1 unspecified atom stereocenters. The Labute approximate surface area is 183 Å². The van der Waals surface area contributed by atoms with Crippen molar-refractivity contribution in [3.05, 3.63) is 70.8 Å². The summed E-state index contributed by atoms with van der Waals surface area (Å²) in [6.07, 6.45) is 0.867. The average molecular weight is 423 g/mol. The van der Waals surface area contributed by atoms with E-state index in [4.69, 9.17) is 4.74 Å². The summed E-state index contributed by atoms with van der Waals surface area (Å²) in [4.78, 5) is 28.6. The third-order valence-corrected chi connectivity index (χ3v) is 5.34. The maximum atomic E-state index is 13.4. The van der Waals surface area contributed by atoms with Crippen LogP contribution in [-0.2, 0) is 9.59 Å². The number of likely N-dealkylation sites (tertiary alicyclic amines) is 1. The van der Waals surface area contributed by atoms with Gasteiger partial charge in [-0.25, -0.2) is 0 Å². The molecule has 0 bridgehead atoms. The lowest BCUT2D eigenvalue weighted by atomic mass is 9.95. The number of nitrogens with zero attached hydrogens (tertiary/aromatic N) is 1. The molecule has 2 aromatic carbocycles. The molecule has 3 rings (SSSR count). The molecule has 6 heteroatoms. The van der Waals surface area contributed by atoms with Gasteiger partial charge in [0.05, 0.1) is 39.8 Å². The lowest BCUT2D eigenvalue weighted by Crippen LogP contribution is -3.06. The van der Waals surface area contributed by atoms with Crippen LogP contribution in [0.5, 0.6) is 5.75 Å². The highest BCUT2D eigenvalue weighted by Crippen LogP contribution is 2.39. The summed E-state index contributed by atoms with van der Waals surface area (Å²) in [5.41, 5.74) is 2.14. The molecule has 1 N–H and O–H groups in total. The predicted molar refractivity (Wildman–Crippen MR) is 117 cm³/mol. The number of carbonyl (C=O) groups excluding carboxylic acids is 2. The van der Waals surface area contributed by atoms with E-state index < -0.39 is 23.5 Å². The van der Waals surface area contributed by atoms with Crippen molar-refractivity contribution in [1.29, 1.82) is 0 Å². The SMILES string of the molecule is CCCOc1cccc(C2C(=C([O-])c3ccc(C)cc3)C(=O)C(=O)N2CC[NH+](C)C)c1. The van der Waals surface area contributed by atoms with Gasteiger partial charge < -0.3 is 19.6 Å². The van der Waals surface area contributed by atoms with Crippen molar-refractivity contribution in [1.82, 2.24) is 4.90 Å². The van der Waals surface area contributed by atoms with E-state index in [1.807, 2.05) is 64.3 Å². The second-order valence-electron chi connectivity index (χ2n) is 8.22. The number of Topliss-reactive ketones (excluding diaryl/α,β-unsaturated/α-hetero) is 1. The third-order valence-electron chi connectivity index (χ3n) is 5.34. The summed E-state index contributed by atoms with van der Waals surface area (Å²) in [7, 11) is 3.97. The molecule has 0 radical (unpaired) electrons. The van der Waals surface area contributed by atoms with Crippen LogP contribution in [0.1, 0.15) is 36.1 Å². The van der Waals surface area contributed by atoms with E-state index in [0.29, 0.717) is 36.6 Å². The number of rotatable bonds is 8. The number of ether oxygens (including phenoxy) is 1. The van der Waals surface area contributed by atoms with Crippen molar-refractivity contribution in [3.8, 4) is 5.75 Å². The molecule has 0 aromatic heterocycles. The molecule has 1 saturated heterocycles. The average Bonchev–Trinajstić information content (AvgIpc) is 3.01. The lowest BCUT2D eigenvalue weighted by Gasteiger charge is -2.28. The fourth-order valence-corrected chi connectivity index (χ4v) is 3.65. The first kappa shape index (κ1) is 22.6. The van der Waals surface area contributed by atoms with Gasteiger partial charge in [0, 0.05) is 5.57 Å². The van der Waals surface area contributed by atoms with Crippen LogP contribution >= 0.6 is 0 Å². The Morgan fingerprint density at radius 3 is 2.48 bits per heavy atom. The predicted octanol–water partition coefficient (Wildman–Crippen LogP) is 1.15. The van der Waals surface area contributed by atoms with Crippen molar-refractivity contribution in [2.45, 2.75) is 26.3 Å². The van der Waals surface area contributed by atoms with E-state index in [2.05, 4.69) is 0 Å². The van der Waals surface area contributed by atoms with Gasteiger partial charge in [-0.2, -0.15) is 0 Å². The van der Waals surface area contributed by atoms with E-state index >= 15 is 0 Å². The maximum Gasteiger partial charge on any atom is 0.295 e. The number of nitrogens with one attached hydrogen (secondary N) is 1.